The average Bonchev–Trinajstić information content (AvgIpc) is 4.07. The first-order chi connectivity index (χ1) is 30.5. The number of amides is 2. The number of benzene rings is 1. The molecule has 2 N–H and O–H groups in total. The number of aromatic nitrogens is 3. The predicted octanol–water partition coefficient (Wildman–Crippen LogP) is 6.90. The van der Waals surface area contributed by atoms with Gasteiger partial charge >= 0.3 is 12.1 Å². The van der Waals surface area contributed by atoms with Gasteiger partial charge in [-0.25, -0.2) is 24.4 Å². The Labute approximate surface area is 374 Å². The largest absolute Gasteiger partial charge is 0.468 e. The van der Waals surface area contributed by atoms with Crippen LogP contribution in [0.15, 0.2) is 42.6 Å². The maximum absolute atomic E-state index is 15.8. The molecule has 3 atom stereocenters. The van der Waals surface area contributed by atoms with Gasteiger partial charge in [-0.1, -0.05) is 19.9 Å². The van der Waals surface area contributed by atoms with E-state index >= 15 is 4.39 Å². The molecule has 8 rings (SSSR count). The van der Waals surface area contributed by atoms with Gasteiger partial charge < -0.3 is 24.3 Å². The molecule has 0 spiro atoms. The molecule has 1 aliphatic carbocycles. The molecule has 2 saturated heterocycles. The zero-order chi connectivity index (χ0) is 45.5. The van der Waals surface area contributed by atoms with Crippen LogP contribution in [-0.4, -0.2) is 113 Å². The van der Waals surface area contributed by atoms with Crippen molar-refractivity contribution in [3.63, 3.8) is 0 Å². The molecule has 3 aromatic heterocycles. The number of nitrogens with one attached hydrogen (secondary N) is 2. The monoisotopic (exact) mass is 882 g/mol. The Kier molecular flexibility index (Phi) is 13.0. The SMILES string of the molecule is CCn1c2c(c3cc(-c4cc(F)cc(C[C@H](NC(=O)OC(C)(C)C)C(=O)N5CCC[C@@H](C(=O)OC)N5)n4)ccc31)CC(C)(C)COO[C@@H](C)c1ncc(N3CCN(C4CC4)CC3)cc1-2. The number of methoxy groups -OCH3 is 1. The third kappa shape index (κ3) is 10.0. The number of hydrogen-bond donors (Lipinski definition) is 2. The number of carbonyl (C=O) groups excluding carboxylic acids is 3. The van der Waals surface area contributed by atoms with Crippen LogP contribution in [0.5, 0.6) is 0 Å². The summed E-state index contributed by atoms with van der Waals surface area (Å²) in [6.07, 6.45) is 4.82. The number of ether oxygens (including phenoxy) is 2. The lowest BCUT2D eigenvalue weighted by molar-refractivity contribution is -0.336. The third-order valence-corrected chi connectivity index (χ3v) is 12.6. The maximum atomic E-state index is 15.8. The first-order valence-corrected chi connectivity index (χ1v) is 22.7. The van der Waals surface area contributed by atoms with E-state index in [9.17, 15) is 14.4 Å². The Hall–Kier alpha value is -5.16. The second-order valence-electron chi connectivity index (χ2n) is 19.4. The summed E-state index contributed by atoms with van der Waals surface area (Å²) in [5.41, 5.74) is 9.17. The molecule has 1 saturated carbocycles. The molecule has 344 valence electrons. The summed E-state index contributed by atoms with van der Waals surface area (Å²) in [6.45, 7) is 18.9. The highest BCUT2D eigenvalue weighted by Gasteiger charge is 2.36. The number of pyridine rings is 2. The quantitative estimate of drug-likeness (QED) is 0.133. The predicted molar refractivity (Wildman–Crippen MR) is 241 cm³/mol. The van der Waals surface area contributed by atoms with Crippen molar-refractivity contribution in [2.75, 3.05) is 51.3 Å². The second-order valence-corrected chi connectivity index (χ2v) is 19.4. The van der Waals surface area contributed by atoms with Gasteiger partial charge in [-0.2, -0.15) is 0 Å². The molecule has 3 aliphatic heterocycles. The lowest BCUT2D eigenvalue weighted by atomic mass is 9.84. The van der Waals surface area contributed by atoms with Crippen LogP contribution >= 0.6 is 0 Å². The van der Waals surface area contributed by atoms with Crippen LogP contribution in [0, 0.1) is 11.2 Å². The van der Waals surface area contributed by atoms with Gasteiger partial charge in [0.2, 0.25) is 0 Å². The Bertz CT molecular complexity index is 2390. The minimum absolute atomic E-state index is 0.149. The number of fused-ring (bicyclic) bond motifs is 5. The highest BCUT2D eigenvalue weighted by Crippen LogP contribution is 2.44. The van der Waals surface area contributed by atoms with Crippen LogP contribution in [0.25, 0.3) is 33.4 Å². The van der Waals surface area contributed by atoms with Crippen molar-refractivity contribution in [3.8, 4) is 22.5 Å². The highest BCUT2D eigenvalue weighted by atomic mass is 19.1. The molecule has 16 heteroatoms. The van der Waals surface area contributed by atoms with E-state index in [1.165, 1.54) is 37.1 Å². The van der Waals surface area contributed by atoms with E-state index in [-0.39, 0.29) is 24.1 Å². The number of nitrogens with zero attached hydrogens (tertiary/aromatic N) is 6. The number of rotatable bonds is 9. The zero-order valence-electron chi connectivity index (χ0n) is 38.5. The van der Waals surface area contributed by atoms with Gasteiger partial charge in [0.05, 0.1) is 42.7 Å². The molecule has 64 heavy (non-hydrogen) atoms. The van der Waals surface area contributed by atoms with E-state index in [0.717, 1.165) is 71.3 Å². The van der Waals surface area contributed by atoms with Gasteiger partial charge in [0.25, 0.3) is 5.91 Å². The number of carbonyl (C=O) groups is 3. The van der Waals surface area contributed by atoms with Crippen LogP contribution in [-0.2, 0) is 48.2 Å². The fraction of sp³-hybridized carbons (Fsp3) is 0.562. The Morgan fingerprint density at radius 2 is 1.81 bits per heavy atom. The number of anilines is 1. The lowest BCUT2D eigenvalue weighted by Gasteiger charge is -2.36. The van der Waals surface area contributed by atoms with Crippen LogP contribution in [0.3, 0.4) is 0 Å². The van der Waals surface area contributed by atoms with Crippen LogP contribution in [0.4, 0.5) is 14.9 Å². The topological polar surface area (TPSA) is 153 Å². The molecule has 15 nitrogen and oxygen atoms in total. The first kappa shape index (κ1) is 45.4. The van der Waals surface area contributed by atoms with Gasteiger partial charge in [-0.05, 0) is 102 Å². The molecule has 0 bridgehead atoms. The number of alkyl carbamates (subject to hydrolysis) is 1. The Balaban J connectivity index is 1.17. The van der Waals surface area contributed by atoms with Crippen molar-refractivity contribution in [3.05, 3.63) is 65.4 Å². The zero-order valence-corrected chi connectivity index (χ0v) is 38.5. The van der Waals surface area contributed by atoms with E-state index in [4.69, 9.17) is 29.2 Å². The van der Waals surface area contributed by atoms with Crippen LogP contribution in [0.2, 0.25) is 0 Å². The number of hydrogen-bond acceptors (Lipinski definition) is 12. The molecular formula is C48H63FN8O7. The molecule has 0 radical (unpaired) electrons. The normalized spacial score (nSPS) is 21.1. The number of aryl methyl sites for hydroxylation is 1. The summed E-state index contributed by atoms with van der Waals surface area (Å²) >= 11 is 0. The van der Waals surface area contributed by atoms with Gasteiger partial charge in [-0.3, -0.25) is 29.5 Å². The number of halogens is 1. The van der Waals surface area contributed by atoms with Crippen LogP contribution in [0.1, 0.15) is 97.2 Å². The molecule has 0 unspecified atom stereocenters. The van der Waals surface area contributed by atoms with E-state index in [1.807, 2.05) is 19.2 Å². The van der Waals surface area contributed by atoms with Crippen molar-refractivity contribution >= 4 is 34.6 Å². The summed E-state index contributed by atoms with van der Waals surface area (Å²) < 4.78 is 28.6. The van der Waals surface area contributed by atoms with E-state index in [2.05, 4.69) is 64.1 Å². The Morgan fingerprint density at radius 3 is 2.52 bits per heavy atom. The smallest absolute Gasteiger partial charge is 0.408 e. The van der Waals surface area contributed by atoms with Crippen molar-refractivity contribution in [1.29, 1.82) is 0 Å². The van der Waals surface area contributed by atoms with E-state index in [0.29, 0.717) is 43.7 Å². The summed E-state index contributed by atoms with van der Waals surface area (Å²) in [5.74, 6) is -1.57. The lowest BCUT2D eigenvalue weighted by Crippen LogP contribution is -2.60. The number of piperazine rings is 1. The molecule has 4 aliphatic rings. The summed E-state index contributed by atoms with van der Waals surface area (Å²) in [6, 6.07) is 9.83. The van der Waals surface area contributed by atoms with Crippen molar-refractivity contribution < 1.29 is 38.0 Å². The van der Waals surface area contributed by atoms with Crippen molar-refractivity contribution in [2.45, 2.75) is 123 Å². The van der Waals surface area contributed by atoms with Gasteiger partial charge in [0.15, 0.2) is 0 Å². The van der Waals surface area contributed by atoms with Crippen LogP contribution < -0.4 is 15.6 Å². The van der Waals surface area contributed by atoms with Crippen molar-refractivity contribution in [1.82, 2.24) is 35.2 Å². The molecule has 4 aromatic rings. The number of esters is 1. The summed E-state index contributed by atoms with van der Waals surface area (Å²) in [4.78, 5) is 66.6. The maximum Gasteiger partial charge on any atom is 0.408 e. The number of hydrazine groups is 1. The second kappa shape index (κ2) is 18.4. The standard InChI is InChI=1S/C48H63FN8O7/c1-9-56-41-15-12-30(39-23-31(49)22-32(51-39)24-40(52-46(60)63-47(3,4)5)44(58)57-16-10-11-38(53-57)45(59)61-8)21-35(41)37-26-48(6,7)28-62-64-29(2)42-36(43(37)56)25-34(27-50-42)55-19-17-54(18-20-55)33-13-14-33/h12,15,21-23,25,27,29,33,38,40,53H,9-11,13-14,16-20,24,26,28H2,1-8H3,(H,52,60)/t29-,38-,40-/m0/s1. The molecule has 6 heterocycles. The molecule has 3 fully saturated rings. The van der Waals surface area contributed by atoms with Gasteiger partial charge in [-0.15, -0.1) is 0 Å². The molecular weight excluding hydrogens is 820 g/mol. The molecule has 2 amide bonds. The fourth-order valence-electron chi connectivity index (χ4n) is 9.31. The highest BCUT2D eigenvalue weighted by molar-refractivity contribution is 5.95. The van der Waals surface area contributed by atoms with E-state index in [1.54, 1.807) is 20.8 Å². The van der Waals surface area contributed by atoms with Gasteiger partial charge in [0, 0.05) is 85.5 Å². The van der Waals surface area contributed by atoms with E-state index < -0.39 is 47.6 Å². The minimum atomic E-state index is -1.20. The third-order valence-electron chi connectivity index (χ3n) is 12.6. The fourth-order valence-corrected chi connectivity index (χ4v) is 9.31. The molecule has 1 aromatic carbocycles. The van der Waals surface area contributed by atoms with Gasteiger partial charge in [0.1, 0.15) is 29.6 Å². The average molecular weight is 883 g/mol. The Morgan fingerprint density at radius 1 is 1.05 bits per heavy atom. The van der Waals surface area contributed by atoms with Crippen molar-refractivity contribution in [2.24, 2.45) is 5.41 Å². The first-order valence-electron chi connectivity index (χ1n) is 22.7. The summed E-state index contributed by atoms with van der Waals surface area (Å²) in [7, 11) is 1.29. The minimum Gasteiger partial charge on any atom is -0.468 e. The summed E-state index contributed by atoms with van der Waals surface area (Å²) in [5, 5.41) is 5.01.